The molecule has 2 nitrogen and oxygen atoms in total. The third-order valence-corrected chi connectivity index (χ3v) is 3.70. The number of hydrogen-bond donors (Lipinski definition) is 0. The Bertz CT molecular complexity index is 596. The van der Waals surface area contributed by atoms with Crippen molar-refractivity contribution in [1.82, 2.24) is 0 Å². The lowest BCUT2D eigenvalue weighted by Crippen LogP contribution is -2.23. The van der Waals surface area contributed by atoms with E-state index < -0.39 is 0 Å². The predicted octanol–water partition coefficient (Wildman–Crippen LogP) is 3.07. The van der Waals surface area contributed by atoms with Crippen LogP contribution in [0.4, 0.5) is 0 Å². The van der Waals surface area contributed by atoms with Crippen LogP contribution >= 0.6 is 0 Å². The van der Waals surface area contributed by atoms with E-state index in [1.165, 1.54) is 29.0 Å². The molecule has 86 valence electrons. The van der Waals surface area contributed by atoms with Crippen molar-refractivity contribution in [3.8, 4) is 0 Å². The SMILES string of the molecule is COC(=O)C1c2ccc(C)c3c(C)ccc1c23. The number of carbonyl (C=O) groups excluding carboxylic acids is 1. The van der Waals surface area contributed by atoms with E-state index in [1.54, 1.807) is 0 Å². The van der Waals surface area contributed by atoms with Crippen LogP contribution < -0.4 is 0 Å². The van der Waals surface area contributed by atoms with Crippen LogP contribution in [0.3, 0.4) is 0 Å². The number of esters is 1. The molecule has 0 aromatic heterocycles. The van der Waals surface area contributed by atoms with Crippen molar-refractivity contribution in [2.45, 2.75) is 19.8 Å². The van der Waals surface area contributed by atoms with Crippen LogP contribution in [-0.4, -0.2) is 13.1 Å². The highest BCUT2D eigenvalue weighted by Gasteiger charge is 2.36. The van der Waals surface area contributed by atoms with E-state index in [2.05, 4.69) is 26.0 Å². The molecule has 0 atom stereocenters. The van der Waals surface area contributed by atoms with Gasteiger partial charge in [-0.05, 0) is 46.9 Å². The van der Waals surface area contributed by atoms with Crippen molar-refractivity contribution in [2.75, 3.05) is 7.11 Å². The summed E-state index contributed by atoms with van der Waals surface area (Å²) in [6.45, 7) is 4.22. The predicted molar refractivity (Wildman–Crippen MR) is 67.3 cm³/mol. The Morgan fingerprint density at radius 2 is 1.53 bits per heavy atom. The summed E-state index contributed by atoms with van der Waals surface area (Å²) < 4.78 is 4.86. The van der Waals surface area contributed by atoms with E-state index in [0.717, 1.165) is 11.1 Å². The Kier molecular flexibility index (Phi) is 2.02. The largest absolute Gasteiger partial charge is 0.468 e. The smallest absolute Gasteiger partial charge is 0.317 e. The van der Waals surface area contributed by atoms with Gasteiger partial charge in [-0.15, -0.1) is 0 Å². The van der Waals surface area contributed by atoms with Gasteiger partial charge in [0.25, 0.3) is 0 Å². The number of ether oxygens (including phenoxy) is 1. The second-order valence-electron chi connectivity index (χ2n) is 4.65. The fourth-order valence-electron chi connectivity index (χ4n) is 2.87. The first-order chi connectivity index (χ1) is 8.15. The van der Waals surface area contributed by atoms with E-state index in [-0.39, 0.29) is 11.9 Å². The lowest BCUT2D eigenvalue weighted by atomic mass is 9.73. The summed E-state index contributed by atoms with van der Waals surface area (Å²) in [7, 11) is 1.44. The Hall–Kier alpha value is -1.83. The van der Waals surface area contributed by atoms with E-state index in [0.29, 0.717) is 0 Å². The third kappa shape index (κ3) is 1.18. The summed E-state index contributed by atoms with van der Waals surface area (Å²) in [4.78, 5) is 11.7. The van der Waals surface area contributed by atoms with Crippen molar-refractivity contribution in [2.24, 2.45) is 0 Å². The van der Waals surface area contributed by atoms with Crippen molar-refractivity contribution in [3.05, 3.63) is 46.5 Å². The highest BCUT2D eigenvalue weighted by atomic mass is 16.5. The van der Waals surface area contributed by atoms with Gasteiger partial charge in [0.05, 0.1) is 7.11 Å². The number of rotatable bonds is 1. The molecule has 0 unspecified atom stereocenters. The quantitative estimate of drug-likeness (QED) is 0.698. The normalized spacial score (nSPS) is 13.6. The number of carbonyl (C=O) groups is 1. The highest BCUT2D eigenvalue weighted by Crippen LogP contribution is 2.46. The van der Waals surface area contributed by atoms with Crippen molar-refractivity contribution in [1.29, 1.82) is 0 Å². The van der Waals surface area contributed by atoms with E-state index in [4.69, 9.17) is 4.74 Å². The van der Waals surface area contributed by atoms with Crippen LogP contribution in [0.2, 0.25) is 0 Å². The van der Waals surface area contributed by atoms with E-state index in [1.807, 2.05) is 12.1 Å². The Morgan fingerprint density at radius 3 is 2.00 bits per heavy atom. The maximum absolute atomic E-state index is 11.7. The zero-order valence-electron chi connectivity index (χ0n) is 10.2. The minimum Gasteiger partial charge on any atom is -0.468 e. The Morgan fingerprint density at radius 1 is 1.00 bits per heavy atom. The topological polar surface area (TPSA) is 26.3 Å². The molecule has 1 aliphatic rings. The van der Waals surface area contributed by atoms with Gasteiger partial charge >= 0.3 is 5.97 Å². The first kappa shape index (κ1) is 10.3. The summed E-state index contributed by atoms with van der Waals surface area (Å²) in [5.74, 6) is -0.342. The fourth-order valence-corrected chi connectivity index (χ4v) is 2.87. The third-order valence-electron chi connectivity index (χ3n) is 3.70. The molecule has 2 heteroatoms. The van der Waals surface area contributed by atoms with Gasteiger partial charge in [0, 0.05) is 0 Å². The number of hydrogen-bond acceptors (Lipinski definition) is 2. The van der Waals surface area contributed by atoms with Gasteiger partial charge in [0.1, 0.15) is 5.92 Å². The summed E-state index contributed by atoms with van der Waals surface area (Å²) in [5, 5.41) is 2.54. The van der Waals surface area contributed by atoms with Gasteiger partial charge in [-0.25, -0.2) is 0 Å². The van der Waals surface area contributed by atoms with Crippen LogP contribution in [0, 0.1) is 13.8 Å². The van der Waals surface area contributed by atoms with Gasteiger partial charge in [0.15, 0.2) is 0 Å². The molecule has 0 aliphatic heterocycles. The van der Waals surface area contributed by atoms with Gasteiger partial charge in [-0.2, -0.15) is 0 Å². The van der Waals surface area contributed by atoms with E-state index >= 15 is 0 Å². The molecule has 0 bridgehead atoms. The molecule has 0 heterocycles. The number of aryl methyl sites for hydroxylation is 2. The summed E-state index contributed by atoms with van der Waals surface area (Å²) in [6, 6.07) is 8.27. The van der Waals surface area contributed by atoms with Gasteiger partial charge < -0.3 is 4.74 Å². The zero-order valence-corrected chi connectivity index (χ0v) is 10.2. The van der Waals surface area contributed by atoms with Crippen LogP contribution in [0.5, 0.6) is 0 Å². The zero-order chi connectivity index (χ0) is 12.2. The second-order valence-corrected chi connectivity index (χ2v) is 4.65. The van der Waals surface area contributed by atoms with Crippen LogP contribution in [0.1, 0.15) is 28.2 Å². The highest BCUT2D eigenvalue weighted by molar-refractivity contribution is 6.06. The van der Waals surface area contributed by atoms with Crippen LogP contribution in [0.15, 0.2) is 24.3 Å². The molecule has 2 aromatic carbocycles. The monoisotopic (exact) mass is 226 g/mol. The molecular weight excluding hydrogens is 212 g/mol. The summed E-state index contributed by atoms with van der Waals surface area (Å²) in [5.41, 5.74) is 4.75. The number of benzene rings is 2. The lowest BCUT2D eigenvalue weighted by molar-refractivity contribution is -0.141. The fraction of sp³-hybridized carbons (Fsp3) is 0.267. The van der Waals surface area contributed by atoms with Crippen molar-refractivity contribution < 1.29 is 9.53 Å². The Balaban J connectivity index is 2.31. The van der Waals surface area contributed by atoms with Crippen molar-refractivity contribution >= 4 is 16.7 Å². The van der Waals surface area contributed by atoms with Crippen molar-refractivity contribution in [3.63, 3.8) is 0 Å². The molecule has 0 saturated heterocycles. The average molecular weight is 226 g/mol. The molecule has 0 N–H and O–H groups in total. The van der Waals surface area contributed by atoms with Crippen LogP contribution in [-0.2, 0) is 9.53 Å². The van der Waals surface area contributed by atoms with E-state index in [9.17, 15) is 4.79 Å². The summed E-state index contributed by atoms with van der Waals surface area (Å²) >= 11 is 0. The standard InChI is InChI=1S/C15H14O2/c1-8-4-6-10-13-11(14(10)15(16)17-3)7-5-9(2)12(8)13/h4-7,14H,1-3H3. The van der Waals surface area contributed by atoms with Gasteiger partial charge in [-0.3, -0.25) is 4.79 Å². The number of methoxy groups -OCH3 is 1. The molecular formula is C15H14O2. The maximum Gasteiger partial charge on any atom is 0.317 e. The van der Waals surface area contributed by atoms with Crippen LogP contribution in [0.25, 0.3) is 10.8 Å². The maximum atomic E-state index is 11.7. The molecule has 1 aliphatic carbocycles. The lowest BCUT2D eigenvalue weighted by Gasteiger charge is -2.30. The molecule has 17 heavy (non-hydrogen) atoms. The Labute approximate surface area is 100 Å². The first-order valence-corrected chi connectivity index (χ1v) is 5.75. The van der Waals surface area contributed by atoms with Gasteiger partial charge in [0.2, 0.25) is 0 Å². The van der Waals surface area contributed by atoms with Gasteiger partial charge in [-0.1, -0.05) is 24.3 Å². The average Bonchev–Trinajstić information content (AvgIpc) is 2.30. The molecule has 0 spiro atoms. The molecule has 0 amide bonds. The second kappa shape index (κ2) is 3.33. The first-order valence-electron chi connectivity index (χ1n) is 5.75. The summed E-state index contributed by atoms with van der Waals surface area (Å²) in [6.07, 6.45) is 0. The molecule has 0 radical (unpaired) electrons. The minimum absolute atomic E-state index is 0.161. The molecule has 0 fully saturated rings. The minimum atomic E-state index is -0.182. The molecule has 3 rings (SSSR count). The molecule has 2 aromatic rings. The molecule has 0 saturated carbocycles.